The van der Waals surface area contributed by atoms with Crippen molar-refractivity contribution in [2.24, 2.45) is 4.36 Å². The van der Waals surface area contributed by atoms with E-state index in [1.807, 2.05) is 42.5 Å². The van der Waals surface area contributed by atoms with Gasteiger partial charge in [0.05, 0.1) is 13.2 Å². The quantitative estimate of drug-likeness (QED) is 0.851. The van der Waals surface area contributed by atoms with Gasteiger partial charge >= 0.3 is 0 Å². The van der Waals surface area contributed by atoms with E-state index in [1.54, 1.807) is 12.1 Å². The van der Waals surface area contributed by atoms with Crippen molar-refractivity contribution in [1.29, 1.82) is 0 Å². The molecule has 2 aromatic rings. The van der Waals surface area contributed by atoms with E-state index in [4.69, 9.17) is 16.3 Å². The van der Waals surface area contributed by atoms with Crippen LogP contribution in [0, 0.1) is 0 Å². The van der Waals surface area contributed by atoms with E-state index in [2.05, 4.69) is 8.67 Å². The normalized spacial score (nSPS) is 17.1. The Hall–Kier alpha value is -1.53. The van der Waals surface area contributed by atoms with Crippen molar-refractivity contribution in [3.63, 3.8) is 0 Å². The fourth-order valence-electron chi connectivity index (χ4n) is 2.25. The molecular weight excluding hydrogens is 332 g/mol. The van der Waals surface area contributed by atoms with Crippen LogP contribution in [0.25, 0.3) is 0 Å². The van der Waals surface area contributed by atoms with Crippen molar-refractivity contribution >= 4 is 28.4 Å². The second-order valence-electron chi connectivity index (χ2n) is 5.02. The fourth-order valence-corrected chi connectivity index (χ4v) is 4.03. The largest absolute Gasteiger partial charge is 0.379 e. The van der Waals surface area contributed by atoms with Crippen molar-refractivity contribution in [3.8, 4) is 0 Å². The predicted octanol–water partition coefficient (Wildman–Crippen LogP) is 3.59. The molecule has 120 valence electrons. The second-order valence-corrected chi connectivity index (χ2v) is 7.16. The Morgan fingerprint density at radius 1 is 1.04 bits per heavy atom. The van der Waals surface area contributed by atoms with Crippen LogP contribution in [0.5, 0.6) is 0 Å². The van der Waals surface area contributed by atoms with Crippen LogP contribution in [0.1, 0.15) is 10.4 Å². The number of nitrogens with zero attached hydrogens (tertiary/aromatic N) is 2. The summed E-state index contributed by atoms with van der Waals surface area (Å²) >= 11 is 5.98. The maximum atomic E-state index is 12.5. The summed E-state index contributed by atoms with van der Waals surface area (Å²) in [5.41, 5.74) is 0.604. The number of benzene rings is 2. The first-order chi connectivity index (χ1) is 11.2. The summed E-state index contributed by atoms with van der Waals surface area (Å²) in [6.07, 6.45) is 0. The Labute approximate surface area is 143 Å². The van der Waals surface area contributed by atoms with E-state index in [9.17, 15) is 4.79 Å². The highest BCUT2D eigenvalue weighted by molar-refractivity contribution is 7.85. The molecule has 0 radical (unpaired) electrons. The molecule has 1 unspecified atom stereocenters. The van der Waals surface area contributed by atoms with Crippen LogP contribution in [0.3, 0.4) is 0 Å². The van der Waals surface area contributed by atoms with Gasteiger partial charge in [0.25, 0.3) is 5.91 Å². The molecule has 3 rings (SSSR count). The first-order valence-corrected chi connectivity index (χ1v) is 8.89. The van der Waals surface area contributed by atoms with Crippen molar-refractivity contribution in [2.45, 2.75) is 4.90 Å². The van der Waals surface area contributed by atoms with E-state index >= 15 is 0 Å². The van der Waals surface area contributed by atoms with E-state index in [0.29, 0.717) is 23.8 Å². The van der Waals surface area contributed by atoms with Crippen molar-refractivity contribution in [3.05, 3.63) is 65.2 Å². The molecule has 1 atom stereocenters. The molecule has 2 aromatic carbocycles. The van der Waals surface area contributed by atoms with E-state index in [-0.39, 0.29) is 5.91 Å². The smallest absolute Gasteiger partial charge is 0.284 e. The second kappa shape index (κ2) is 7.84. The molecule has 6 heteroatoms. The number of hydrogen-bond acceptors (Lipinski definition) is 2. The lowest BCUT2D eigenvalue weighted by Gasteiger charge is -2.28. The standard InChI is InChI=1S/C17H17ClN2O2S/c18-15-6-8-16(9-7-15)23(20-10-12-22-13-11-20)19-17(21)14-4-2-1-3-5-14/h1-9H,10-13H2. The number of morpholine rings is 1. The van der Waals surface area contributed by atoms with Gasteiger partial charge in [0.2, 0.25) is 0 Å². The summed E-state index contributed by atoms with van der Waals surface area (Å²) in [4.78, 5) is 13.5. The monoisotopic (exact) mass is 348 g/mol. The van der Waals surface area contributed by atoms with Gasteiger partial charge in [-0.25, -0.2) is 4.31 Å². The molecule has 0 aromatic heterocycles. The zero-order valence-corrected chi connectivity index (χ0v) is 14.1. The highest BCUT2D eigenvalue weighted by atomic mass is 35.5. The highest BCUT2D eigenvalue weighted by Crippen LogP contribution is 2.19. The van der Waals surface area contributed by atoms with Crippen molar-refractivity contribution < 1.29 is 9.53 Å². The Morgan fingerprint density at radius 2 is 1.70 bits per heavy atom. The number of carbonyl (C=O) groups excluding carboxylic acids is 1. The maximum Gasteiger partial charge on any atom is 0.284 e. The number of carbonyl (C=O) groups is 1. The molecule has 1 aliphatic heterocycles. The van der Waals surface area contributed by atoms with Crippen molar-refractivity contribution in [2.75, 3.05) is 26.3 Å². The van der Waals surface area contributed by atoms with Crippen LogP contribution in [-0.2, 0) is 15.6 Å². The molecule has 0 spiro atoms. The topological polar surface area (TPSA) is 41.9 Å². The van der Waals surface area contributed by atoms with Gasteiger partial charge < -0.3 is 4.74 Å². The van der Waals surface area contributed by atoms with Crippen LogP contribution in [0.2, 0.25) is 5.02 Å². The summed E-state index contributed by atoms with van der Waals surface area (Å²) < 4.78 is 12.1. The number of rotatable bonds is 3. The lowest BCUT2D eigenvalue weighted by molar-refractivity contribution is 0.0761. The zero-order valence-electron chi connectivity index (χ0n) is 12.5. The van der Waals surface area contributed by atoms with Gasteiger partial charge in [-0.15, -0.1) is 0 Å². The molecule has 1 amide bonds. The van der Waals surface area contributed by atoms with Gasteiger partial charge in [-0.05, 0) is 36.4 Å². The summed E-state index contributed by atoms with van der Waals surface area (Å²) in [5, 5.41) is 0.675. The minimum absolute atomic E-state index is 0.199. The number of ether oxygens (including phenoxy) is 1. The third kappa shape index (κ3) is 4.26. The Kier molecular flexibility index (Phi) is 5.56. The van der Waals surface area contributed by atoms with E-state index in [0.717, 1.165) is 18.0 Å². The molecule has 23 heavy (non-hydrogen) atoms. The molecule has 0 N–H and O–H groups in total. The van der Waals surface area contributed by atoms with Crippen LogP contribution >= 0.6 is 11.6 Å². The minimum Gasteiger partial charge on any atom is -0.379 e. The molecule has 1 saturated heterocycles. The predicted molar refractivity (Wildman–Crippen MR) is 92.7 cm³/mol. The highest BCUT2D eigenvalue weighted by Gasteiger charge is 2.18. The average Bonchev–Trinajstić information content (AvgIpc) is 2.62. The molecule has 0 bridgehead atoms. The maximum absolute atomic E-state index is 12.5. The van der Waals surface area contributed by atoms with E-state index in [1.165, 1.54) is 0 Å². The van der Waals surface area contributed by atoms with Gasteiger partial charge in [0.15, 0.2) is 0 Å². The van der Waals surface area contributed by atoms with Crippen molar-refractivity contribution in [1.82, 2.24) is 4.31 Å². The average molecular weight is 349 g/mol. The van der Waals surface area contributed by atoms with Crippen LogP contribution in [0.4, 0.5) is 0 Å². The molecule has 1 fully saturated rings. The molecule has 4 nitrogen and oxygen atoms in total. The summed E-state index contributed by atoms with van der Waals surface area (Å²) in [6.45, 7) is 2.84. The van der Waals surface area contributed by atoms with Crippen LogP contribution < -0.4 is 0 Å². The lowest BCUT2D eigenvalue weighted by Crippen LogP contribution is -2.37. The molecule has 1 heterocycles. The number of hydrogen-bond donors (Lipinski definition) is 0. The minimum atomic E-state index is -0.643. The van der Waals surface area contributed by atoms with Gasteiger partial charge in [-0.1, -0.05) is 29.8 Å². The SMILES string of the molecule is O=C(N=S(c1ccc(Cl)cc1)N1CCOCC1)c1ccccc1. The van der Waals surface area contributed by atoms with Gasteiger partial charge in [-0.2, -0.15) is 4.36 Å². The lowest BCUT2D eigenvalue weighted by atomic mass is 10.2. The molecule has 0 aliphatic carbocycles. The first-order valence-electron chi connectivity index (χ1n) is 7.38. The Morgan fingerprint density at radius 3 is 2.35 bits per heavy atom. The first kappa shape index (κ1) is 16.3. The zero-order chi connectivity index (χ0) is 16.1. The molecule has 0 saturated carbocycles. The van der Waals surface area contributed by atoms with Gasteiger partial charge in [0.1, 0.15) is 0 Å². The fraction of sp³-hybridized carbons (Fsp3) is 0.235. The van der Waals surface area contributed by atoms with Gasteiger partial charge in [-0.3, -0.25) is 4.79 Å². The number of amides is 1. The number of halogens is 1. The van der Waals surface area contributed by atoms with Crippen LogP contribution in [0.15, 0.2) is 63.9 Å². The molecule has 1 aliphatic rings. The third-order valence-corrected chi connectivity index (χ3v) is 5.57. The summed E-state index contributed by atoms with van der Waals surface area (Å²) in [5.74, 6) is -0.199. The van der Waals surface area contributed by atoms with E-state index < -0.39 is 10.9 Å². The Bertz CT molecular complexity index is 698. The Balaban J connectivity index is 1.95. The third-order valence-electron chi connectivity index (χ3n) is 3.43. The van der Waals surface area contributed by atoms with Crippen LogP contribution in [-0.4, -0.2) is 36.5 Å². The summed E-state index contributed by atoms with van der Waals surface area (Å²) in [6, 6.07) is 16.7. The molecular formula is C17H17ClN2O2S. The summed E-state index contributed by atoms with van der Waals surface area (Å²) in [7, 11) is -0.643. The van der Waals surface area contributed by atoms with Gasteiger partial charge in [0, 0.05) is 39.4 Å².